The average molecular weight is 536 g/mol. The topological polar surface area (TPSA) is 133 Å². The molecule has 0 spiro atoms. The first-order chi connectivity index (χ1) is 17.2. The van der Waals surface area contributed by atoms with E-state index in [2.05, 4.69) is 36.1 Å². The van der Waals surface area contributed by atoms with Crippen molar-refractivity contribution in [3.8, 4) is 5.82 Å². The third-order valence-corrected chi connectivity index (χ3v) is 5.42. The third kappa shape index (κ3) is 5.16. The first-order valence-corrected chi connectivity index (χ1v) is 11.0. The lowest BCUT2D eigenvalue weighted by Gasteiger charge is -2.14. The fourth-order valence-corrected chi connectivity index (χ4v) is 3.79. The van der Waals surface area contributed by atoms with Gasteiger partial charge in [-0.1, -0.05) is 23.2 Å². The van der Waals surface area contributed by atoms with Crippen LogP contribution in [0.4, 0.5) is 14.5 Å². The Morgan fingerprint density at radius 1 is 1.14 bits per heavy atom. The molecule has 0 atom stereocenters. The largest absolute Gasteiger partial charge is 0.355 e. The van der Waals surface area contributed by atoms with Crippen molar-refractivity contribution in [2.75, 3.05) is 12.4 Å². The van der Waals surface area contributed by atoms with E-state index in [1.807, 2.05) is 0 Å². The van der Waals surface area contributed by atoms with Gasteiger partial charge in [0.15, 0.2) is 5.82 Å². The average Bonchev–Trinajstić information content (AvgIpc) is 3.48. The van der Waals surface area contributed by atoms with Gasteiger partial charge < -0.3 is 10.6 Å². The van der Waals surface area contributed by atoms with Crippen LogP contribution in [0.1, 0.15) is 44.4 Å². The number of benzene rings is 1. The maximum Gasteiger partial charge on any atom is 0.301 e. The molecule has 0 saturated heterocycles. The van der Waals surface area contributed by atoms with E-state index >= 15 is 0 Å². The number of halogens is 4. The van der Waals surface area contributed by atoms with Crippen LogP contribution in [-0.4, -0.2) is 53.8 Å². The normalized spacial score (nSPS) is 11.1. The van der Waals surface area contributed by atoms with Crippen molar-refractivity contribution in [2.24, 2.45) is 0 Å². The highest BCUT2D eigenvalue weighted by Gasteiger charge is 2.23. The zero-order valence-corrected chi connectivity index (χ0v) is 20.2. The van der Waals surface area contributed by atoms with Gasteiger partial charge in [-0.05, 0) is 48.0 Å². The molecule has 15 heteroatoms. The zero-order valence-electron chi connectivity index (χ0n) is 18.7. The Kier molecular flexibility index (Phi) is 7.22. The summed E-state index contributed by atoms with van der Waals surface area (Å²) in [5.41, 5.74) is 1.17. The van der Waals surface area contributed by atoms with E-state index in [1.165, 1.54) is 30.1 Å². The molecule has 0 aliphatic rings. The number of pyridine rings is 1. The zero-order chi connectivity index (χ0) is 26.0. The fourth-order valence-electron chi connectivity index (χ4n) is 3.32. The number of nitrogens with one attached hydrogen (secondary N) is 2. The molecule has 11 nitrogen and oxygen atoms in total. The van der Waals surface area contributed by atoms with Gasteiger partial charge in [-0.2, -0.15) is 9.90 Å². The Labute approximate surface area is 212 Å². The molecule has 3 heterocycles. The molecule has 186 valence electrons. The Balaban J connectivity index is 1.75. The van der Waals surface area contributed by atoms with Gasteiger partial charge >= 0.3 is 6.43 Å². The molecule has 36 heavy (non-hydrogen) atoms. The van der Waals surface area contributed by atoms with Gasteiger partial charge in [0.1, 0.15) is 12.2 Å². The van der Waals surface area contributed by atoms with Crippen molar-refractivity contribution in [1.29, 1.82) is 0 Å². The van der Waals surface area contributed by atoms with Gasteiger partial charge in [0, 0.05) is 18.3 Å². The van der Waals surface area contributed by atoms with E-state index in [0.29, 0.717) is 10.6 Å². The summed E-state index contributed by atoms with van der Waals surface area (Å²) in [6.45, 7) is 1.52. The molecule has 4 aromatic rings. The highest BCUT2D eigenvalue weighted by molar-refractivity contribution is 6.32. The second-order valence-electron chi connectivity index (χ2n) is 7.40. The van der Waals surface area contributed by atoms with Crippen molar-refractivity contribution in [2.45, 2.75) is 19.9 Å². The van der Waals surface area contributed by atoms with Crippen molar-refractivity contribution in [3.05, 3.63) is 74.9 Å². The summed E-state index contributed by atoms with van der Waals surface area (Å²) in [7, 11) is 1.45. The van der Waals surface area contributed by atoms with Crippen LogP contribution < -0.4 is 10.6 Å². The summed E-state index contributed by atoms with van der Waals surface area (Å²) in [6.07, 6.45) is -1.42. The van der Waals surface area contributed by atoms with E-state index in [1.54, 1.807) is 25.1 Å². The van der Waals surface area contributed by atoms with Gasteiger partial charge in [0.2, 0.25) is 5.82 Å². The van der Waals surface area contributed by atoms with Gasteiger partial charge in [-0.15, -0.1) is 10.2 Å². The van der Waals surface area contributed by atoms with Crippen molar-refractivity contribution >= 4 is 40.7 Å². The Bertz CT molecular complexity index is 1460. The maximum absolute atomic E-state index is 13.4. The summed E-state index contributed by atoms with van der Waals surface area (Å²) < 4.78 is 26.9. The Morgan fingerprint density at radius 3 is 2.58 bits per heavy atom. The second-order valence-corrected chi connectivity index (χ2v) is 8.24. The molecule has 0 fully saturated rings. The Hall–Kier alpha value is -3.97. The van der Waals surface area contributed by atoms with Crippen molar-refractivity contribution in [3.63, 3.8) is 0 Å². The van der Waals surface area contributed by atoms with Gasteiger partial charge in [0.05, 0.1) is 22.0 Å². The molecular weight excluding hydrogens is 519 g/mol. The van der Waals surface area contributed by atoms with Crippen LogP contribution in [0.15, 0.2) is 36.5 Å². The van der Waals surface area contributed by atoms with Crippen molar-refractivity contribution in [1.82, 2.24) is 40.3 Å². The highest BCUT2D eigenvalue weighted by atomic mass is 35.5. The molecule has 2 N–H and O–H groups in total. The number of nitrogens with zero attached hydrogens (tertiary/aromatic N) is 7. The summed E-state index contributed by atoms with van der Waals surface area (Å²) >= 11 is 12.4. The number of rotatable bonds is 7. The van der Waals surface area contributed by atoms with E-state index in [-0.39, 0.29) is 40.0 Å². The first-order valence-electron chi connectivity index (χ1n) is 10.3. The number of aryl methyl sites for hydroxylation is 1. The summed E-state index contributed by atoms with van der Waals surface area (Å²) in [4.78, 5) is 30.9. The quantitative estimate of drug-likeness (QED) is 0.370. The van der Waals surface area contributed by atoms with E-state index in [9.17, 15) is 18.4 Å². The van der Waals surface area contributed by atoms with Crippen LogP contribution in [0.2, 0.25) is 10.0 Å². The number of anilines is 1. The van der Waals surface area contributed by atoms with Gasteiger partial charge in [-0.25, -0.2) is 18.4 Å². The number of alkyl halides is 2. The molecule has 1 aromatic carbocycles. The molecule has 0 bridgehead atoms. The molecule has 2 amide bonds. The molecule has 0 aliphatic carbocycles. The number of hydrogen-bond donors (Lipinski definition) is 2. The minimum atomic E-state index is -2.89. The lowest BCUT2D eigenvalue weighted by molar-refractivity contribution is 0.0964. The van der Waals surface area contributed by atoms with Crippen LogP contribution in [0, 0.1) is 6.92 Å². The van der Waals surface area contributed by atoms with Gasteiger partial charge in [-0.3, -0.25) is 9.59 Å². The molecule has 0 unspecified atom stereocenters. The standard InChI is InChI=1S/C21H17Cl2F2N9O2/c1-10-6-11(22)7-13(20(35)26-2)16(10)28-21(36)15-8-12(9-33-31-18(17(24)25)29-32-33)30-34(15)19-14(23)4-3-5-27-19/h3-8,17H,9H2,1-2H3,(H,26,35)(H,28,36). The SMILES string of the molecule is CNC(=O)c1cc(Cl)cc(C)c1NC(=O)c1cc(Cn2nnc(C(F)F)n2)nn1-c1ncccc1Cl. The minimum absolute atomic E-state index is 0.00277. The Morgan fingerprint density at radius 2 is 1.92 bits per heavy atom. The summed E-state index contributed by atoms with van der Waals surface area (Å²) in [5, 5.41) is 20.6. The third-order valence-electron chi connectivity index (χ3n) is 4.91. The summed E-state index contributed by atoms with van der Waals surface area (Å²) in [5.74, 6) is -1.69. The summed E-state index contributed by atoms with van der Waals surface area (Å²) in [6, 6.07) is 7.59. The number of amides is 2. The number of tetrazole rings is 1. The number of hydrogen-bond acceptors (Lipinski definition) is 7. The number of carbonyl (C=O) groups is 2. The second kappa shape index (κ2) is 10.3. The van der Waals surface area contributed by atoms with Crippen LogP contribution in [0.3, 0.4) is 0 Å². The lowest BCUT2D eigenvalue weighted by atomic mass is 10.1. The van der Waals surface area contributed by atoms with Crippen LogP contribution in [-0.2, 0) is 6.54 Å². The molecule has 0 aliphatic heterocycles. The molecule has 0 radical (unpaired) electrons. The monoisotopic (exact) mass is 535 g/mol. The van der Waals surface area contributed by atoms with E-state index in [0.717, 1.165) is 4.80 Å². The van der Waals surface area contributed by atoms with E-state index in [4.69, 9.17) is 23.2 Å². The number of carbonyl (C=O) groups excluding carboxylic acids is 2. The van der Waals surface area contributed by atoms with E-state index < -0.39 is 24.1 Å². The molecule has 0 saturated carbocycles. The number of aromatic nitrogens is 7. The van der Waals surface area contributed by atoms with Gasteiger partial charge in [0.25, 0.3) is 11.8 Å². The predicted molar refractivity (Wildman–Crippen MR) is 126 cm³/mol. The maximum atomic E-state index is 13.4. The molecular formula is C21H17Cl2F2N9O2. The van der Waals surface area contributed by atoms with Crippen LogP contribution in [0.5, 0.6) is 0 Å². The molecule has 4 rings (SSSR count). The fraction of sp³-hybridized carbons (Fsp3) is 0.190. The minimum Gasteiger partial charge on any atom is -0.355 e. The van der Waals surface area contributed by atoms with Crippen molar-refractivity contribution < 1.29 is 18.4 Å². The first kappa shape index (κ1) is 25.1. The smallest absolute Gasteiger partial charge is 0.301 e. The van der Waals surface area contributed by atoms with Crippen LogP contribution >= 0.6 is 23.2 Å². The van der Waals surface area contributed by atoms with Crippen LogP contribution in [0.25, 0.3) is 5.82 Å². The highest BCUT2D eigenvalue weighted by Crippen LogP contribution is 2.27. The predicted octanol–water partition coefficient (Wildman–Crippen LogP) is 3.47. The lowest BCUT2D eigenvalue weighted by Crippen LogP contribution is -2.23. The molecule has 3 aromatic heterocycles.